The molecule has 3 heteroatoms. The number of terminal acetylenes is 1. The van der Waals surface area contributed by atoms with Gasteiger partial charge in [-0.25, -0.2) is 0 Å². The summed E-state index contributed by atoms with van der Waals surface area (Å²) >= 11 is 0. The quantitative estimate of drug-likeness (QED) is 0.658. The Morgan fingerprint density at radius 3 is 2.29 bits per heavy atom. The highest BCUT2D eigenvalue weighted by Crippen LogP contribution is 2.12. The Kier molecular flexibility index (Phi) is 8.52. The Balaban J connectivity index is 0.000000342. The molecule has 3 aromatic rings. The van der Waals surface area contributed by atoms with Crippen molar-refractivity contribution in [2.75, 3.05) is 13.1 Å². The van der Waals surface area contributed by atoms with E-state index in [0.717, 1.165) is 16.5 Å². The lowest BCUT2D eigenvalue weighted by atomic mass is 10.1. The van der Waals surface area contributed by atoms with Crippen molar-refractivity contribution in [1.29, 1.82) is 0 Å². The summed E-state index contributed by atoms with van der Waals surface area (Å²) in [4.78, 5) is 12.5. The first-order valence-corrected chi connectivity index (χ1v) is 10.0. The van der Waals surface area contributed by atoms with Crippen LogP contribution in [0.3, 0.4) is 0 Å². The zero-order valence-corrected chi connectivity index (χ0v) is 17.2. The number of aryl methyl sites for hydroxylation is 1. The summed E-state index contributed by atoms with van der Waals surface area (Å²) in [6.07, 6.45) is 9.99. The molecule has 1 aliphatic heterocycles. The second-order valence-electron chi connectivity index (χ2n) is 6.64. The fourth-order valence-electron chi connectivity index (χ4n) is 3.02. The summed E-state index contributed by atoms with van der Waals surface area (Å²) in [6.45, 7) is 9.13. The fourth-order valence-corrected chi connectivity index (χ4v) is 3.02. The molecule has 4 rings (SSSR count). The molecule has 0 aliphatic carbocycles. The molecule has 0 radical (unpaired) electrons. The van der Waals surface area contributed by atoms with Crippen LogP contribution in [-0.2, 0) is 6.54 Å². The molecule has 0 atom stereocenters. The topological polar surface area (TPSA) is 34.0 Å². The fraction of sp³-hybridized carbons (Fsp3) is 0.320. The van der Waals surface area contributed by atoms with Crippen LogP contribution in [0.5, 0.6) is 0 Å². The average molecular weight is 375 g/mol. The van der Waals surface area contributed by atoms with Gasteiger partial charge in [0.05, 0.1) is 6.54 Å². The molecule has 0 unspecified atom stereocenters. The van der Waals surface area contributed by atoms with Crippen molar-refractivity contribution in [3.05, 3.63) is 81.8 Å². The number of pyridine rings is 1. The predicted molar refractivity (Wildman–Crippen MR) is 120 cm³/mol. The van der Waals surface area contributed by atoms with Gasteiger partial charge in [-0.3, -0.25) is 4.79 Å². The van der Waals surface area contributed by atoms with Gasteiger partial charge in [0.15, 0.2) is 0 Å². The molecule has 1 saturated heterocycles. The average Bonchev–Trinajstić information content (AvgIpc) is 3.33. The van der Waals surface area contributed by atoms with E-state index in [4.69, 9.17) is 6.42 Å². The number of aromatic nitrogens is 1. The molecule has 1 aromatic heterocycles. The zero-order chi connectivity index (χ0) is 20.4. The molecular formula is C25H30N2O. The number of hydrogen-bond donors (Lipinski definition) is 1. The van der Waals surface area contributed by atoms with Crippen molar-refractivity contribution >= 4 is 10.8 Å². The van der Waals surface area contributed by atoms with Crippen LogP contribution in [0, 0.1) is 19.3 Å². The van der Waals surface area contributed by atoms with Gasteiger partial charge in [0.25, 0.3) is 5.56 Å². The maximum Gasteiger partial charge on any atom is 0.258 e. The zero-order valence-electron chi connectivity index (χ0n) is 17.2. The maximum atomic E-state index is 12.5. The maximum absolute atomic E-state index is 12.5. The van der Waals surface area contributed by atoms with Gasteiger partial charge in [-0.2, -0.15) is 0 Å². The Bertz CT molecular complexity index is 966. The van der Waals surface area contributed by atoms with Gasteiger partial charge in [-0.05, 0) is 68.1 Å². The van der Waals surface area contributed by atoms with Crippen molar-refractivity contribution < 1.29 is 0 Å². The van der Waals surface area contributed by atoms with Gasteiger partial charge in [0.2, 0.25) is 0 Å². The standard InChI is InChI=1S/C19H15NO.C4H9N.C2H6/c1-3-15-8-9-18-17(12-15)10-11-20(19(18)21)13-16-6-4-14(2)5-7-16;1-2-4-5-3-1;1-2/h1,4-12H,13H2,2H3;5H,1-4H2;1-2H3. The minimum absolute atomic E-state index is 0.0108. The third-order valence-corrected chi connectivity index (χ3v) is 4.57. The number of fused-ring (bicyclic) bond motifs is 1. The van der Waals surface area contributed by atoms with Crippen molar-refractivity contribution in [1.82, 2.24) is 9.88 Å². The lowest BCUT2D eigenvalue weighted by Gasteiger charge is -2.08. The lowest BCUT2D eigenvalue weighted by molar-refractivity contribution is 0.768. The Morgan fingerprint density at radius 2 is 1.71 bits per heavy atom. The second-order valence-corrected chi connectivity index (χ2v) is 6.64. The highest BCUT2D eigenvalue weighted by Gasteiger charge is 2.04. The van der Waals surface area contributed by atoms with Gasteiger partial charge in [-0.1, -0.05) is 49.6 Å². The Labute approximate surface area is 168 Å². The molecule has 0 amide bonds. The summed E-state index contributed by atoms with van der Waals surface area (Å²) in [7, 11) is 0. The second kappa shape index (κ2) is 11.1. The number of rotatable bonds is 2. The molecule has 1 N–H and O–H groups in total. The molecule has 1 aliphatic rings. The first-order valence-electron chi connectivity index (χ1n) is 10.0. The summed E-state index contributed by atoms with van der Waals surface area (Å²) in [5, 5.41) is 4.80. The number of hydrogen-bond acceptors (Lipinski definition) is 2. The van der Waals surface area contributed by atoms with E-state index in [2.05, 4.69) is 30.3 Å². The van der Waals surface area contributed by atoms with Gasteiger partial charge in [0, 0.05) is 17.1 Å². The highest BCUT2D eigenvalue weighted by atomic mass is 16.1. The van der Waals surface area contributed by atoms with Crippen molar-refractivity contribution in [3.8, 4) is 12.3 Å². The smallest absolute Gasteiger partial charge is 0.258 e. The first-order chi connectivity index (χ1) is 13.7. The third kappa shape index (κ3) is 5.84. The summed E-state index contributed by atoms with van der Waals surface area (Å²) < 4.78 is 1.72. The minimum atomic E-state index is 0.0108. The van der Waals surface area contributed by atoms with Crippen LogP contribution in [-0.4, -0.2) is 17.7 Å². The van der Waals surface area contributed by atoms with Crippen molar-refractivity contribution in [3.63, 3.8) is 0 Å². The van der Waals surface area contributed by atoms with E-state index in [1.807, 2.05) is 44.3 Å². The molecule has 3 nitrogen and oxygen atoms in total. The summed E-state index contributed by atoms with van der Waals surface area (Å²) in [6, 6.07) is 15.6. The highest BCUT2D eigenvalue weighted by molar-refractivity contribution is 5.82. The SMILES string of the molecule is C#Cc1ccc2c(=O)n(Cc3ccc(C)cc3)ccc2c1.C1CCNC1.CC. The lowest BCUT2D eigenvalue weighted by Crippen LogP contribution is -2.20. The van der Waals surface area contributed by atoms with Crippen LogP contribution in [0.15, 0.2) is 59.5 Å². The molecule has 28 heavy (non-hydrogen) atoms. The minimum Gasteiger partial charge on any atom is -0.317 e. The van der Waals surface area contributed by atoms with E-state index in [1.165, 1.54) is 31.5 Å². The molecule has 2 heterocycles. The molecule has 0 spiro atoms. The predicted octanol–water partition coefficient (Wildman–Crippen LogP) is 4.74. The normalized spacial score (nSPS) is 12.4. The van der Waals surface area contributed by atoms with Crippen LogP contribution in [0.1, 0.15) is 43.4 Å². The molecule has 0 bridgehead atoms. The van der Waals surface area contributed by atoms with Crippen molar-refractivity contribution in [2.24, 2.45) is 0 Å². The van der Waals surface area contributed by atoms with Crippen molar-refractivity contribution in [2.45, 2.75) is 40.2 Å². The largest absolute Gasteiger partial charge is 0.317 e. The molecule has 146 valence electrons. The van der Waals surface area contributed by atoms with E-state index in [-0.39, 0.29) is 5.56 Å². The van der Waals surface area contributed by atoms with Crippen LogP contribution in [0.2, 0.25) is 0 Å². The summed E-state index contributed by atoms with van der Waals surface area (Å²) in [5.41, 5.74) is 3.13. The van der Waals surface area contributed by atoms with Gasteiger partial charge in [0.1, 0.15) is 0 Å². The van der Waals surface area contributed by atoms with E-state index in [0.29, 0.717) is 11.9 Å². The van der Waals surface area contributed by atoms with E-state index in [9.17, 15) is 4.79 Å². The van der Waals surface area contributed by atoms with Gasteiger partial charge >= 0.3 is 0 Å². The van der Waals surface area contributed by atoms with Crippen LogP contribution in [0.4, 0.5) is 0 Å². The van der Waals surface area contributed by atoms with Crippen LogP contribution in [0.25, 0.3) is 10.8 Å². The monoisotopic (exact) mass is 374 g/mol. The first kappa shape index (κ1) is 21.5. The van der Waals surface area contributed by atoms with Gasteiger partial charge in [-0.15, -0.1) is 6.42 Å². The molecule has 2 aromatic carbocycles. The number of nitrogens with one attached hydrogen (secondary N) is 1. The van der Waals surface area contributed by atoms with Gasteiger partial charge < -0.3 is 9.88 Å². The van der Waals surface area contributed by atoms with E-state index in [1.54, 1.807) is 16.7 Å². The van der Waals surface area contributed by atoms with Crippen LogP contribution < -0.4 is 10.9 Å². The third-order valence-electron chi connectivity index (χ3n) is 4.57. The van der Waals surface area contributed by atoms with Crippen LogP contribution >= 0.6 is 0 Å². The Morgan fingerprint density at radius 1 is 1.04 bits per heavy atom. The molecule has 1 fully saturated rings. The van der Waals surface area contributed by atoms with E-state index >= 15 is 0 Å². The summed E-state index contributed by atoms with van der Waals surface area (Å²) in [5.74, 6) is 2.59. The molecule has 0 saturated carbocycles. The Hall–Kier alpha value is -2.83. The number of benzene rings is 2. The van der Waals surface area contributed by atoms with E-state index < -0.39 is 0 Å². The molecular weight excluding hydrogens is 344 g/mol. The number of nitrogens with zero attached hydrogens (tertiary/aromatic N) is 1.